The highest BCUT2D eigenvalue weighted by Crippen LogP contribution is 2.36. The smallest absolute Gasteiger partial charge is 0.260 e. The van der Waals surface area contributed by atoms with Crippen molar-refractivity contribution in [3.8, 4) is 17.1 Å². The van der Waals surface area contributed by atoms with Crippen LogP contribution in [0.3, 0.4) is 0 Å². The highest BCUT2D eigenvalue weighted by atomic mass is 16.5. The highest BCUT2D eigenvalue weighted by Gasteiger charge is 2.16. The van der Waals surface area contributed by atoms with Gasteiger partial charge in [0, 0.05) is 30.9 Å². The lowest BCUT2D eigenvalue weighted by molar-refractivity contribution is 0.298. The summed E-state index contributed by atoms with van der Waals surface area (Å²) < 4.78 is 13.3. The fourth-order valence-corrected chi connectivity index (χ4v) is 3.49. The maximum Gasteiger partial charge on any atom is 0.260 e. The standard InChI is InChI=1S/C22H23N3O3/c1-14(2)5-4-8-27-20-10-19-16(9-17(20)21-12-24-13-28-21)15-6-7-23-11-18(15)22(26)25(19)3/h6-7,9-14H,4-5,8H2,1-3H3. The molecule has 0 amide bonds. The second kappa shape index (κ2) is 7.46. The molecule has 0 spiro atoms. The van der Waals surface area contributed by atoms with Crippen LogP contribution in [0.1, 0.15) is 26.7 Å². The Morgan fingerprint density at radius 1 is 1.14 bits per heavy atom. The lowest BCUT2D eigenvalue weighted by atomic mass is 10.0. The van der Waals surface area contributed by atoms with Crippen molar-refractivity contribution in [2.45, 2.75) is 26.7 Å². The van der Waals surface area contributed by atoms with Crippen LogP contribution in [0.2, 0.25) is 0 Å². The van der Waals surface area contributed by atoms with Gasteiger partial charge in [0.05, 0.1) is 29.3 Å². The zero-order chi connectivity index (χ0) is 19.7. The van der Waals surface area contributed by atoms with E-state index in [0.717, 1.165) is 34.7 Å². The quantitative estimate of drug-likeness (QED) is 0.364. The van der Waals surface area contributed by atoms with Crippen LogP contribution < -0.4 is 10.3 Å². The summed E-state index contributed by atoms with van der Waals surface area (Å²) in [5.74, 6) is 1.96. The molecule has 144 valence electrons. The molecule has 0 unspecified atom stereocenters. The Morgan fingerprint density at radius 3 is 2.75 bits per heavy atom. The molecule has 0 aliphatic carbocycles. The number of ether oxygens (including phenoxy) is 1. The van der Waals surface area contributed by atoms with Crippen molar-refractivity contribution >= 4 is 21.7 Å². The van der Waals surface area contributed by atoms with Crippen LogP contribution in [-0.2, 0) is 7.05 Å². The number of hydrogen-bond donors (Lipinski definition) is 0. The summed E-state index contributed by atoms with van der Waals surface area (Å²) in [5.41, 5.74) is 1.56. The predicted octanol–water partition coefficient (Wildman–Crippen LogP) is 4.56. The number of nitrogens with zero attached hydrogens (tertiary/aromatic N) is 3. The molecule has 0 fully saturated rings. The summed E-state index contributed by atoms with van der Waals surface area (Å²) >= 11 is 0. The number of aromatic nitrogens is 3. The van der Waals surface area contributed by atoms with Crippen molar-refractivity contribution in [3.63, 3.8) is 0 Å². The van der Waals surface area contributed by atoms with Gasteiger partial charge in [-0.05, 0) is 36.3 Å². The second-order valence-electron chi connectivity index (χ2n) is 7.40. The number of hydrogen-bond acceptors (Lipinski definition) is 5. The van der Waals surface area contributed by atoms with E-state index in [9.17, 15) is 4.79 Å². The van der Waals surface area contributed by atoms with Gasteiger partial charge in [-0.25, -0.2) is 4.98 Å². The topological polar surface area (TPSA) is 70.2 Å². The third-order valence-electron chi connectivity index (χ3n) is 4.99. The van der Waals surface area contributed by atoms with Gasteiger partial charge in [-0.2, -0.15) is 0 Å². The van der Waals surface area contributed by atoms with E-state index in [-0.39, 0.29) is 5.56 Å². The summed E-state index contributed by atoms with van der Waals surface area (Å²) in [6, 6.07) is 5.80. The molecule has 0 saturated carbocycles. The van der Waals surface area contributed by atoms with Gasteiger partial charge in [0.2, 0.25) is 0 Å². The van der Waals surface area contributed by atoms with Gasteiger partial charge in [0.15, 0.2) is 12.2 Å². The average Bonchev–Trinajstić information content (AvgIpc) is 3.23. The molecule has 0 bridgehead atoms. The third-order valence-corrected chi connectivity index (χ3v) is 4.99. The molecule has 0 aliphatic heterocycles. The van der Waals surface area contributed by atoms with Gasteiger partial charge >= 0.3 is 0 Å². The molecule has 28 heavy (non-hydrogen) atoms. The molecule has 6 nitrogen and oxygen atoms in total. The van der Waals surface area contributed by atoms with Crippen LogP contribution in [0, 0.1) is 5.92 Å². The number of pyridine rings is 2. The minimum absolute atomic E-state index is 0.0752. The maximum absolute atomic E-state index is 12.8. The van der Waals surface area contributed by atoms with Crippen LogP contribution in [0.4, 0.5) is 0 Å². The Hall–Kier alpha value is -3.15. The Kier molecular flexibility index (Phi) is 4.86. The lowest BCUT2D eigenvalue weighted by Gasteiger charge is -2.15. The maximum atomic E-state index is 12.8. The molecule has 1 aromatic carbocycles. The molecule has 0 atom stereocenters. The van der Waals surface area contributed by atoms with Crippen LogP contribution in [0.5, 0.6) is 5.75 Å². The van der Waals surface area contributed by atoms with Crippen LogP contribution in [0.15, 0.2) is 52.4 Å². The number of oxazole rings is 1. The Morgan fingerprint density at radius 2 is 2.00 bits per heavy atom. The molecule has 0 aliphatic rings. The fourth-order valence-electron chi connectivity index (χ4n) is 3.49. The van der Waals surface area contributed by atoms with Gasteiger partial charge in [-0.15, -0.1) is 0 Å². The molecule has 0 radical (unpaired) electrons. The summed E-state index contributed by atoms with van der Waals surface area (Å²) in [6.07, 6.45) is 8.46. The van der Waals surface area contributed by atoms with Crippen molar-refractivity contribution in [3.05, 3.63) is 53.5 Å². The predicted molar refractivity (Wildman–Crippen MR) is 110 cm³/mol. The van der Waals surface area contributed by atoms with E-state index in [2.05, 4.69) is 23.8 Å². The molecule has 4 aromatic rings. The van der Waals surface area contributed by atoms with Crippen LogP contribution in [0.25, 0.3) is 33.0 Å². The molecule has 4 rings (SSSR count). The first-order valence-corrected chi connectivity index (χ1v) is 9.48. The third kappa shape index (κ3) is 3.26. The van der Waals surface area contributed by atoms with Crippen molar-refractivity contribution in [1.82, 2.24) is 14.5 Å². The normalized spacial score (nSPS) is 11.6. The fraction of sp³-hybridized carbons (Fsp3) is 0.318. The molecule has 3 heterocycles. The van der Waals surface area contributed by atoms with E-state index in [1.807, 2.05) is 18.2 Å². The average molecular weight is 377 g/mol. The zero-order valence-electron chi connectivity index (χ0n) is 16.3. The number of benzene rings is 1. The molecule has 6 heteroatoms. The monoisotopic (exact) mass is 377 g/mol. The Balaban J connectivity index is 1.90. The first-order chi connectivity index (χ1) is 13.6. The summed E-state index contributed by atoms with van der Waals surface area (Å²) in [4.78, 5) is 20.9. The van der Waals surface area contributed by atoms with E-state index in [1.54, 1.807) is 30.2 Å². The largest absolute Gasteiger partial charge is 0.493 e. The molecule has 0 N–H and O–H groups in total. The molecule has 0 saturated heterocycles. The second-order valence-corrected chi connectivity index (χ2v) is 7.40. The van der Waals surface area contributed by atoms with Gasteiger partial charge < -0.3 is 13.7 Å². The molecule has 3 aromatic heterocycles. The van der Waals surface area contributed by atoms with Crippen LogP contribution in [-0.4, -0.2) is 21.1 Å². The first-order valence-electron chi connectivity index (χ1n) is 9.48. The Bertz CT molecular complexity index is 1180. The van der Waals surface area contributed by atoms with Gasteiger partial charge in [0.1, 0.15) is 5.75 Å². The summed E-state index contributed by atoms with van der Waals surface area (Å²) in [6.45, 7) is 5.01. The summed E-state index contributed by atoms with van der Waals surface area (Å²) in [7, 11) is 1.77. The number of aryl methyl sites for hydroxylation is 1. The summed E-state index contributed by atoms with van der Waals surface area (Å²) in [5, 5.41) is 2.40. The zero-order valence-corrected chi connectivity index (χ0v) is 16.3. The first kappa shape index (κ1) is 18.2. The minimum atomic E-state index is -0.0752. The lowest BCUT2D eigenvalue weighted by Crippen LogP contribution is -2.17. The number of rotatable bonds is 6. The van der Waals surface area contributed by atoms with E-state index in [4.69, 9.17) is 9.15 Å². The van der Waals surface area contributed by atoms with Crippen molar-refractivity contribution in [2.75, 3.05) is 6.61 Å². The van der Waals surface area contributed by atoms with Crippen molar-refractivity contribution < 1.29 is 9.15 Å². The van der Waals surface area contributed by atoms with E-state index >= 15 is 0 Å². The highest BCUT2D eigenvalue weighted by molar-refractivity contribution is 6.07. The van der Waals surface area contributed by atoms with E-state index in [0.29, 0.717) is 29.4 Å². The van der Waals surface area contributed by atoms with Crippen molar-refractivity contribution in [2.24, 2.45) is 13.0 Å². The SMILES string of the molecule is CC(C)CCCOc1cc2c(cc1-c1cnco1)c1ccncc1c(=O)n2C. The van der Waals surface area contributed by atoms with E-state index in [1.165, 1.54) is 6.39 Å². The van der Waals surface area contributed by atoms with Crippen molar-refractivity contribution in [1.29, 1.82) is 0 Å². The van der Waals surface area contributed by atoms with Gasteiger partial charge in [-0.3, -0.25) is 9.78 Å². The molecular formula is C22H23N3O3. The molecular weight excluding hydrogens is 354 g/mol. The number of fused-ring (bicyclic) bond motifs is 3. The Labute approximate surface area is 162 Å². The van der Waals surface area contributed by atoms with Crippen LogP contribution >= 0.6 is 0 Å². The van der Waals surface area contributed by atoms with Gasteiger partial charge in [0.25, 0.3) is 5.56 Å². The minimum Gasteiger partial charge on any atom is -0.493 e. The van der Waals surface area contributed by atoms with Gasteiger partial charge in [-0.1, -0.05) is 13.8 Å². The van der Waals surface area contributed by atoms with E-state index < -0.39 is 0 Å².